The van der Waals surface area contributed by atoms with Crippen LogP contribution in [0.15, 0.2) is 24.3 Å². The van der Waals surface area contributed by atoms with Gasteiger partial charge < -0.3 is 16.6 Å². The molecule has 0 aromatic heterocycles. The van der Waals surface area contributed by atoms with E-state index in [0.29, 0.717) is 13.0 Å². The Balaban J connectivity index is 2.80. The third-order valence-electron chi connectivity index (χ3n) is 2.10. The van der Waals surface area contributed by atoms with Gasteiger partial charge in [-0.15, -0.1) is 0 Å². The molecule has 14 heavy (non-hydrogen) atoms. The van der Waals surface area contributed by atoms with Crippen molar-refractivity contribution in [2.24, 2.45) is 11.5 Å². The molecule has 4 nitrogen and oxygen atoms in total. The van der Waals surface area contributed by atoms with Crippen LogP contribution in [0, 0.1) is 0 Å². The van der Waals surface area contributed by atoms with E-state index >= 15 is 0 Å². The van der Waals surface area contributed by atoms with Crippen LogP contribution in [-0.4, -0.2) is 17.1 Å². The highest BCUT2D eigenvalue weighted by Crippen LogP contribution is 2.09. The van der Waals surface area contributed by atoms with Gasteiger partial charge in [0.15, 0.2) is 0 Å². The highest BCUT2D eigenvalue weighted by molar-refractivity contribution is 5.73. The number of benzene rings is 1. The molecule has 0 heterocycles. The molecule has 0 aliphatic carbocycles. The zero-order valence-electron chi connectivity index (χ0n) is 7.81. The second kappa shape index (κ2) is 4.74. The maximum Gasteiger partial charge on any atom is 0.320 e. The van der Waals surface area contributed by atoms with Gasteiger partial charge in [0, 0.05) is 6.54 Å². The van der Waals surface area contributed by atoms with E-state index in [1.807, 2.05) is 24.3 Å². The summed E-state index contributed by atoms with van der Waals surface area (Å²) in [6.07, 6.45) is 0.322. The summed E-state index contributed by atoms with van der Waals surface area (Å²) in [4.78, 5) is 10.5. The van der Waals surface area contributed by atoms with Crippen LogP contribution >= 0.6 is 0 Å². The maximum atomic E-state index is 10.5. The van der Waals surface area contributed by atoms with Crippen molar-refractivity contribution in [3.05, 3.63) is 35.4 Å². The lowest BCUT2D eigenvalue weighted by Gasteiger charge is -2.10. The fourth-order valence-electron chi connectivity index (χ4n) is 1.28. The lowest BCUT2D eigenvalue weighted by molar-refractivity contribution is -0.138. The zero-order valence-corrected chi connectivity index (χ0v) is 7.81. The smallest absolute Gasteiger partial charge is 0.320 e. The molecule has 1 aromatic carbocycles. The lowest BCUT2D eigenvalue weighted by atomic mass is 10.0. The summed E-state index contributed by atoms with van der Waals surface area (Å²) >= 11 is 0. The average molecular weight is 194 g/mol. The zero-order chi connectivity index (χ0) is 10.6. The van der Waals surface area contributed by atoms with E-state index in [2.05, 4.69) is 0 Å². The fraction of sp³-hybridized carbons (Fsp3) is 0.300. The minimum absolute atomic E-state index is 0.322. The van der Waals surface area contributed by atoms with Gasteiger partial charge in [-0.05, 0) is 17.5 Å². The first-order valence-electron chi connectivity index (χ1n) is 4.40. The number of carbonyl (C=O) groups is 1. The van der Waals surface area contributed by atoms with Crippen LogP contribution < -0.4 is 11.5 Å². The van der Waals surface area contributed by atoms with Crippen LogP contribution in [0.4, 0.5) is 0 Å². The topological polar surface area (TPSA) is 89.3 Å². The second-order valence-electron chi connectivity index (χ2n) is 3.12. The van der Waals surface area contributed by atoms with Crippen molar-refractivity contribution in [2.45, 2.75) is 19.0 Å². The summed E-state index contributed by atoms with van der Waals surface area (Å²) in [7, 11) is 0. The summed E-state index contributed by atoms with van der Waals surface area (Å²) in [5, 5.41) is 8.65. The van der Waals surface area contributed by atoms with Gasteiger partial charge in [0.05, 0.1) is 0 Å². The largest absolute Gasteiger partial charge is 0.480 e. The van der Waals surface area contributed by atoms with E-state index in [-0.39, 0.29) is 0 Å². The van der Waals surface area contributed by atoms with E-state index in [0.717, 1.165) is 11.1 Å². The van der Waals surface area contributed by atoms with Crippen molar-refractivity contribution < 1.29 is 9.90 Å². The predicted molar refractivity (Wildman–Crippen MR) is 53.6 cm³/mol. The molecule has 0 spiro atoms. The molecular weight excluding hydrogens is 180 g/mol. The second-order valence-corrected chi connectivity index (χ2v) is 3.12. The summed E-state index contributed by atoms with van der Waals surface area (Å²) in [6, 6.07) is 6.60. The van der Waals surface area contributed by atoms with Gasteiger partial charge in [0.2, 0.25) is 0 Å². The Morgan fingerprint density at radius 3 is 2.43 bits per heavy atom. The SMILES string of the molecule is NCc1ccccc1CC(N)C(=O)O. The number of aliphatic carboxylic acids is 1. The monoisotopic (exact) mass is 194 g/mol. The highest BCUT2D eigenvalue weighted by atomic mass is 16.4. The van der Waals surface area contributed by atoms with Gasteiger partial charge in [-0.3, -0.25) is 4.79 Å². The molecule has 0 saturated heterocycles. The molecule has 0 aliphatic heterocycles. The molecule has 1 rings (SSSR count). The van der Waals surface area contributed by atoms with Gasteiger partial charge in [-0.1, -0.05) is 24.3 Å². The number of hydrogen-bond donors (Lipinski definition) is 3. The molecule has 0 bridgehead atoms. The van der Waals surface area contributed by atoms with Crippen molar-refractivity contribution >= 4 is 5.97 Å². The van der Waals surface area contributed by atoms with Crippen molar-refractivity contribution in [1.29, 1.82) is 0 Å². The van der Waals surface area contributed by atoms with Crippen LogP contribution in [0.3, 0.4) is 0 Å². The molecule has 0 aliphatic rings. The molecule has 1 aromatic rings. The summed E-state index contributed by atoms with van der Waals surface area (Å²) in [5.74, 6) is -0.989. The predicted octanol–water partition coefficient (Wildman–Crippen LogP) is 0.0997. The molecule has 0 fully saturated rings. The van der Waals surface area contributed by atoms with E-state index in [1.165, 1.54) is 0 Å². The van der Waals surface area contributed by atoms with E-state index in [9.17, 15) is 4.79 Å². The molecule has 1 unspecified atom stereocenters. The van der Waals surface area contributed by atoms with E-state index in [4.69, 9.17) is 16.6 Å². The van der Waals surface area contributed by atoms with Crippen molar-refractivity contribution in [3.63, 3.8) is 0 Å². The maximum absolute atomic E-state index is 10.5. The standard InChI is InChI=1S/C10H14N2O2/c11-6-8-4-2-1-3-7(8)5-9(12)10(13)14/h1-4,9H,5-6,11-12H2,(H,13,14). The van der Waals surface area contributed by atoms with E-state index < -0.39 is 12.0 Å². The molecule has 5 N–H and O–H groups in total. The molecule has 0 radical (unpaired) electrons. The van der Waals surface area contributed by atoms with Gasteiger partial charge >= 0.3 is 5.97 Å². The van der Waals surface area contributed by atoms with Crippen LogP contribution in [0.5, 0.6) is 0 Å². The van der Waals surface area contributed by atoms with Gasteiger partial charge in [-0.2, -0.15) is 0 Å². The number of rotatable bonds is 4. The summed E-state index contributed by atoms with van der Waals surface area (Å²) in [6.45, 7) is 0.405. The number of nitrogens with two attached hydrogens (primary N) is 2. The Morgan fingerprint density at radius 2 is 1.93 bits per heavy atom. The Labute approximate surface area is 82.5 Å². The summed E-state index contributed by atoms with van der Waals surface area (Å²) < 4.78 is 0. The summed E-state index contributed by atoms with van der Waals surface area (Å²) in [5.41, 5.74) is 12.8. The highest BCUT2D eigenvalue weighted by Gasteiger charge is 2.13. The Morgan fingerprint density at radius 1 is 1.36 bits per heavy atom. The van der Waals surface area contributed by atoms with Crippen LogP contribution in [0.2, 0.25) is 0 Å². The molecule has 4 heteroatoms. The molecule has 0 amide bonds. The Bertz CT molecular complexity index is 326. The molecule has 1 atom stereocenters. The van der Waals surface area contributed by atoms with Crippen molar-refractivity contribution in [1.82, 2.24) is 0 Å². The normalized spacial score (nSPS) is 12.4. The van der Waals surface area contributed by atoms with Crippen LogP contribution in [-0.2, 0) is 17.8 Å². The van der Waals surface area contributed by atoms with Gasteiger partial charge in [-0.25, -0.2) is 0 Å². The van der Waals surface area contributed by atoms with Gasteiger partial charge in [0.1, 0.15) is 6.04 Å². The number of carboxylic acids is 1. The average Bonchev–Trinajstić information content (AvgIpc) is 2.18. The van der Waals surface area contributed by atoms with Crippen LogP contribution in [0.25, 0.3) is 0 Å². The van der Waals surface area contributed by atoms with Crippen molar-refractivity contribution in [3.8, 4) is 0 Å². The van der Waals surface area contributed by atoms with Gasteiger partial charge in [0.25, 0.3) is 0 Å². The Kier molecular flexibility index (Phi) is 3.62. The lowest BCUT2D eigenvalue weighted by Crippen LogP contribution is -2.32. The quantitative estimate of drug-likeness (QED) is 0.634. The first kappa shape index (κ1) is 10.7. The third kappa shape index (κ3) is 2.55. The third-order valence-corrected chi connectivity index (χ3v) is 2.10. The first-order valence-corrected chi connectivity index (χ1v) is 4.40. The first-order chi connectivity index (χ1) is 6.65. The minimum Gasteiger partial charge on any atom is -0.480 e. The van der Waals surface area contributed by atoms with Crippen LogP contribution in [0.1, 0.15) is 11.1 Å². The number of hydrogen-bond acceptors (Lipinski definition) is 3. The Hall–Kier alpha value is -1.39. The number of carboxylic acid groups (broad SMARTS) is 1. The van der Waals surface area contributed by atoms with Crippen molar-refractivity contribution in [2.75, 3.05) is 0 Å². The molecule has 0 saturated carbocycles. The fourth-order valence-corrected chi connectivity index (χ4v) is 1.28. The van der Waals surface area contributed by atoms with E-state index in [1.54, 1.807) is 0 Å². The minimum atomic E-state index is -0.989. The molecule has 76 valence electrons. The molecular formula is C10H14N2O2.